The molecule has 0 radical (unpaired) electrons. The van der Waals surface area contributed by atoms with E-state index in [0.717, 1.165) is 18.2 Å². The third-order valence-corrected chi connectivity index (χ3v) is 1.98. The Kier molecular flexibility index (Phi) is 3.65. The summed E-state index contributed by atoms with van der Waals surface area (Å²) in [5.74, 6) is -5.22. The lowest BCUT2D eigenvalue weighted by Gasteiger charge is -2.19. The Morgan fingerprint density at radius 2 is 1.83 bits per heavy atom. The van der Waals surface area contributed by atoms with Crippen LogP contribution in [0.2, 0.25) is 0 Å². The number of rotatable bonds is 3. The molecular weight excluding hydrogens is 259 g/mol. The smallest absolute Gasteiger partial charge is 0.456 e. The second-order valence-electron chi connectivity index (χ2n) is 3.35. The van der Waals surface area contributed by atoms with Crippen LogP contribution in [-0.4, -0.2) is 18.7 Å². The van der Waals surface area contributed by atoms with Gasteiger partial charge in [-0.3, -0.25) is 0 Å². The lowest BCUT2D eigenvalue weighted by molar-refractivity contribution is -0.290. The largest absolute Gasteiger partial charge is 0.487 e. The summed E-state index contributed by atoms with van der Waals surface area (Å²) in [5.41, 5.74) is 5.35. The van der Waals surface area contributed by atoms with E-state index in [1.807, 2.05) is 0 Å². The molecule has 0 atom stereocenters. The second-order valence-corrected chi connectivity index (χ2v) is 3.35. The number of alkyl halides is 5. The molecule has 0 unspecified atom stereocenters. The topological polar surface area (TPSA) is 59.0 Å². The van der Waals surface area contributed by atoms with Crippen LogP contribution in [0.5, 0.6) is 5.75 Å². The molecule has 18 heavy (non-hydrogen) atoms. The van der Waals surface area contributed by atoms with Gasteiger partial charge in [0.1, 0.15) is 11.8 Å². The summed E-state index contributed by atoms with van der Waals surface area (Å²) in [6.45, 7) is -1.85. The molecule has 0 bridgehead atoms. The first-order chi connectivity index (χ1) is 8.17. The van der Waals surface area contributed by atoms with E-state index in [1.54, 1.807) is 6.07 Å². The minimum atomic E-state index is -5.68. The number of nitrogen functional groups attached to an aromatic ring is 1. The van der Waals surface area contributed by atoms with Gasteiger partial charge >= 0.3 is 12.1 Å². The van der Waals surface area contributed by atoms with Crippen LogP contribution in [0.4, 0.5) is 27.6 Å². The highest BCUT2D eigenvalue weighted by Crippen LogP contribution is 2.35. The van der Waals surface area contributed by atoms with E-state index >= 15 is 0 Å². The monoisotopic (exact) mass is 266 g/mol. The molecule has 98 valence electrons. The lowest BCUT2D eigenvalue weighted by Crippen LogP contribution is -2.41. The summed E-state index contributed by atoms with van der Waals surface area (Å²) in [6.07, 6.45) is -5.68. The van der Waals surface area contributed by atoms with E-state index in [-0.39, 0.29) is 17.0 Å². The number of halogens is 5. The van der Waals surface area contributed by atoms with Crippen LogP contribution in [0.1, 0.15) is 5.56 Å². The molecule has 0 aliphatic heterocycles. The Hall–Kier alpha value is -2.04. The van der Waals surface area contributed by atoms with Gasteiger partial charge in [0.25, 0.3) is 0 Å². The molecular formula is C10H7F5N2O. The van der Waals surface area contributed by atoms with Gasteiger partial charge in [0.15, 0.2) is 6.61 Å². The van der Waals surface area contributed by atoms with Crippen molar-refractivity contribution in [2.75, 3.05) is 12.3 Å². The average Bonchev–Trinajstić information content (AvgIpc) is 2.25. The van der Waals surface area contributed by atoms with Crippen molar-refractivity contribution in [1.29, 1.82) is 5.26 Å². The van der Waals surface area contributed by atoms with Gasteiger partial charge in [0, 0.05) is 6.07 Å². The minimum absolute atomic E-state index is 0.0645. The van der Waals surface area contributed by atoms with E-state index in [1.165, 1.54) is 0 Å². The fraction of sp³-hybridized carbons (Fsp3) is 0.300. The first-order valence-corrected chi connectivity index (χ1v) is 4.54. The predicted octanol–water partition coefficient (Wildman–Crippen LogP) is 2.72. The molecule has 0 aromatic heterocycles. The van der Waals surface area contributed by atoms with E-state index in [4.69, 9.17) is 11.0 Å². The maximum absolute atomic E-state index is 12.5. The average molecular weight is 266 g/mol. The van der Waals surface area contributed by atoms with E-state index in [9.17, 15) is 22.0 Å². The molecule has 0 aliphatic carbocycles. The molecule has 0 spiro atoms. The number of hydrogen-bond acceptors (Lipinski definition) is 3. The number of nitriles is 1. The van der Waals surface area contributed by atoms with Crippen LogP contribution in [0, 0.1) is 11.3 Å². The van der Waals surface area contributed by atoms with Crippen molar-refractivity contribution in [3.63, 3.8) is 0 Å². The van der Waals surface area contributed by atoms with Gasteiger partial charge < -0.3 is 10.5 Å². The quantitative estimate of drug-likeness (QED) is 0.676. The molecule has 0 aliphatic rings. The predicted molar refractivity (Wildman–Crippen MR) is 52.1 cm³/mol. The SMILES string of the molecule is N#Cc1ccc(OCC(F)(F)C(F)(F)F)cc1N. The van der Waals surface area contributed by atoms with Crippen molar-refractivity contribution in [2.45, 2.75) is 12.1 Å². The minimum Gasteiger partial charge on any atom is -0.487 e. The maximum Gasteiger partial charge on any atom is 0.456 e. The zero-order valence-corrected chi connectivity index (χ0v) is 8.76. The Labute approximate surface area is 98.6 Å². The van der Waals surface area contributed by atoms with E-state index in [2.05, 4.69) is 4.74 Å². The van der Waals surface area contributed by atoms with Gasteiger partial charge in [0.2, 0.25) is 0 Å². The Bertz CT molecular complexity index is 478. The molecule has 1 aromatic rings. The van der Waals surface area contributed by atoms with Gasteiger partial charge in [-0.05, 0) is 12.1 Å². The van der Waals surface area contributed by atoms with Crippen molar-refractivity contribution < 1.29 is 26.7 Å². The van der Waals surface area contributed by atoms with Crippen LogP contribution in [-0.2, 0) is 0 Å². The fourth-order valence-corrected chi connectivity index (χ4v) is 0.988. The van der Waals surface area contributed by atoms with Gasteiger partial charge in [0.05, 0.1) is 11.3 Å². The molecule has 3 nitrogen and oxygen atoms in total. The number of nitrogens with two attached hydrogens (primary N) is 1. The molecule has 1 rings (SSSR count). The van der Waals surface area contributed by atoms with Crippen molar-refractivity contribution in [3.8, 4) is 11.8 Å². The number of nitrogens with zero attached hydrogens (tertiary/aromatic N) is 1. The lowest BCUT2D eigenvalue weighted by atomic mass is 10.2. The van der Waals surface area contributed by atoms with Crippen LogP contribution >= 0.6 is 0 Å². The summed E-state index contributed by atoms with van der Waals surface area (Å²) in [5, 5.41) is 8.54. The standard InChI is InChI=1S/C10H7F5N2O/c11-9(12,10(13,14)15)5-18-7-2-1-6(4-16)8(17)3-7/h1-3H,5,17H2. The number of anilines is 1. The first kappa shape index (κ1) is 14.0. The highest BCUT2D eigenvalue weighted by atomic mass is 19.4. The van der Waals surface area contributed by atoms with Gasteiger partial charge in [-0.1, -0.05) is 0 Å². The number of ether oxygens (including phenoxy) is 1. The summed E-state index contributed by atoms with van der Waals surface area (Å²) in [7, 11) is 0. The summed E-state index contributed by atoms with van der Waals surface area (Å²) >= 11 is 0. The molecule has 0 saturated carbocycles. The van der Waals surface area contributed by atoms with Gasteiger partial charge in [-0.25, -0.2) is 0 Å². The Balaban J connectivity index is 2.77. The van der Waals surface area contributed by atoms with Crippen molar-refractivity contribution in [2.24, 2.45) is 0 Å². The molecule has 0 amide bonds. The molecule has 0 heterocycles. The van der Waals surface area contributed by atoms with Crippen LogP contribution < -0.4 is 10.5 Å². The zero-order valence-electron chi connectivity index (χ0n) is 8.76. The third-order valence-electron chi connectivity index (χ3n) is 1.98. The Morgan fingerprint density at radius 3 is 2.28 bits per heavy atom. The maximum atomic E-state index is 12.5. The highest BCUT2D eigenvalue weighted by molar-refractivity contribution is 5.57. The summed E-state index contributed by atoms with van der Waals surface area (Å²) < 4.78 is 64.9. The summed E-state index contributed by atoms with van der Waals surface area (Å²) in [6, 6.07) is 4.96. The summed E-state index contributed by atoms with van der Waals surface area (Å²) in [4.78, 5) is 0. The molecule has 1 aromatic carbocycles. The van der Waals surface area contributed by atoms with Gasteiger partial charge in [-0.15, -0.1) is 0 Å². The Morgan fingerprint density at radius 1 is 1.22 bits per heavy atom. The molecule has 0 fully saturated rings. The van der Waals surface area contributed by atoms with Crippen molar-refractivity contribution in [3.05, 3.63) is 23.8 Å². The molecule has 2 N–H and O–H groups in total. The second kappa shape index (κ2) is 4.68. The molecule has 0 saturated heterocycles. The van der Waals surface area contributed by atoms with Crippen LogP contribution in [0.3, 0.4) is 0 Å². The van der Waals surface area contributed by atoms with E-state index in [0.29, 0.717) is 0 Å². The molecule has 8 heteroatoms. The zero-order chi connectivity index (χ0) is 14.0. The van der Waals surface area contributed by atoms with Gasteiger partial charge in [-0.2, -0.15) is 27.2 Å². The fourth-order valence-electron chi connectivity index (χ4n) is 0.988. The first-order valence-electron chi connectivity index (χ1n) is 4.54. The third kappa shape index (κ3) is 3.00. The number of hydrogen-bond donors (Lipinski definition) is 1. The van der Waals surface area contributed by atoms with Crippen molar-refractivity contribution >= 4 is 5.69 Å². The number of benzene rings is 1. The normalized spacial score (nSPS) is 12.0. The van der Waals surface area contributed by atoms with Crippen LogP contribution in [0.25, 0.3) is 0 Å². The van der Waals surface area contributed by atoms with Crippen molar-refractivity contribution in [1.82, 2.24) is 0 Å². The van der Waals surface area contributed by atoms with Crippen LogP contribution in [0.15, 0.2) is 18.2 Å². The van der Waals surface area contributed by atoms with E-state index < -0.39 is 18.7 Å². The highest BCUT2D eigenvalue weighted by Gasteiger charge is 2.58.